The Morgan fingerprint density at radius 3 is 2.93 bits per heavy atom. The summed E-state index contributed by atoms with van der Waals surface area (Å²) in [5.41, 5.74) is 6.91. The van der Waals surface area contributed by atoms with Gasteiger partial charge in [0.1, 0.15) is 5.75 Å². The van der Waals surface area contributed by atoms with E-state index in [0.717, 1.165) is 33.9 Å². The average Bonchev–Trinajstić information content (AvgIpc) is 3.36. The summed E-state index contributed by atoms with van der Waals surface area (Å²) in [5.74, 6) is 0.945. The van der Waals surface area contributed by atoms with Crippen molar-refractivity contribution < 1.29 is 9.53 Å². The number of nitrogens with one attached hydrogen (secondary N) is 2. The normalized spacial score (nSPS) is 11.1. The molecule has 0 saturated heterocycles. The molecule has 8 heteroatoms. The molecule has 1 aromatic carbocycles. The van der Waals surface area contributed by atoms with Gasteiger partial charge < -0.3 is 14.3 Å². The Labute approximate surface area is 160 Å². The van der Waals surface area contributed by atoms with Gasteiger partial charge in [-0.1, -0.05) is 0 Å². The number of carbonyl (C=O) groups is 1. The SMILES string of the molecule is COc1ccc2nc(NC(=O)c3cc(C)n(Cc4cscn4)c3C)[nH]c2c1. The third-order valence-corrected chi connectivity index (χ3v) is 5.18. The molecule has 138 valence electrons. The quantitative estimate of drug-likeness (QED) is 0.551. The number of benzene rings is 1. The van der Waals surface area contributed by atoms with Gasteiger partial charge in [0, 0.05) is 22.8 Å². The summed E-state index contributed by atoms with van der Waals surface area (Å²) in [7, 11) is 1.61. The summed E-state index contributed by atoms with van der Waals surface area (Å²) in [6, 6.07) is 7.42. The molecular formula is C19H19N5O2S. The lowest BCUT2D eigenvalue weighted by molar-refractivity contribution is 0.102. The number of amides is 1. The van der Waals surface area contributed by atoms with Crippen molar-refractivity contribution in [1.82, 2.24) is 19.5 Å². The first kappa shape index (κ1) is 17.3. The number of nitrogens with zero attached hydrogens (tertiary/aromatic N) is 3. The molecule has 0 aliphatic carbocycles. The van der Waals surface area contributed by atoms with E-state index >= 15 is 0 Å². The minimum atomic E-state index is -0.196. The number of aromatic amines is 1. The molecular weight excluding hydrogens is 362 g/mol. The van der Waals surface area contributed by atoms with Crippen molar-refractivity contribution in [3.63, 3.8) is 0 Å². The van der Waals surface area contributed by atoms with Crippen LogP contribution in [0.5, 0.6) is 5.75 Å². The maximum atomic E-state index is 12.8. The number of imidazole rings is 1. The number of hydrogen-bond acceptors (Lipinski definition) is 5. The van der Waals surface area contributed by atoms with Crippen LogP contribution in [0.25, 0.3) is 11.0 Å². The number of carbonyl (C=O) groups excluding carboxylic acids is 1. The molecule has 0 fully saturated rings. The van der Waals surface area contributed by atoms with Crippen LogP contribution in [0.2, 0.25) is 0 Å². The maximum absolute atomic E-state index is 12.8. The van der Waals surface area contributed by atoms with Crippen LogP contribution < -0.4 is 10.1 Å². The van der Waals surface area contributed by atoms with E-state index in [0.29, 0.717) is 18.1 Å². The Balaban J connectivity index is 1.58. The van der Waals surface area contributed by atoms with Crippen LogP contribution >= 0.6 is 11.3 Å². The van der Waals surface area contributed by atoms with Crippen molar-refractivity contribution in [1.29, 1.82) is 0 Å². The highest BCUT2D eigenvalue weighted by molar-refractivity contribution is 7.07. The summed E-state index contributed by atoms with van der Waals surface area (Å²) < 4.78 is 7.31. The summed E-state index contributed by atoms with van der Waals surface area (Å²) in [5, 5.41) is 4.87. The summed E-state index contributed by atoms with van der Waals surface area (Å²) in [4.78, 5) is 24.6. The number of methoxy groups -OCH3 is 1. The number of hydrogen-bond donors (Lipinski definition) is 2. The Morgan fingerprint density at radius 2 is 2.19 bits per heavy atom. The third-order valence-electron chi connectivity index (χ3n) is 4.54. The highest BCUT2D eigenvalue weighted by atomic mass is 32.1. The van der Waals surface area contributed by atoms with Crippen molar-refractivity contribution in [2.75, 3.05) is 12.4 Å². The maximum Gasteiger partial charge on any atom is 0.259 e. The van der Waals surface area contributed by atoms with Crippen molar-refractivity contribution in [2.24, 2.45) is 0 Å². The first-order valence-electron chi connectivity index (χ1n) is 8.44. The number of thiazole rings is 1. The molecule has 0 unspecified atom stereocenters. The van der Waals surface area contributed by atoms with Crippen LogP contribution in [-0.4, -0.2) is 32.5 Å². The molecule has 4 aromatic rings. The second kappa shape index (κ2) is 6.88. The lowest BCUT2D eigenvalue weighted by Crippen LogP contribution is -2.14. The van der Waals surface area contributed by atoms with Gasteiger partial charge in [0.05, 0.1) is 41.5 Å². The van der Waals surface area contributed by atoms with Gasteiger partial charge in [-0.2, -0.15) is 0 Å². The number of ether oxygens (including phenoxy) is 1. The number of rotatable bonds is 5. The number of anilines is 1. The van der Waals surface area contributed by atoms with E-state index in [4.69, 9.17) is 4.74 Å². The van der Waals surface area contributed by atoms with Crippen LogP contribution in [0.4, 0.5) is 5.95 Å². The minimum Gasteiger partial charge on any atom is -0.497 e. The van der Waals surface area contributed by atoms with Crippen molar-refractivity contribution in [3.05, 3.63) is 57.8 Å². The van der Waals surface area contributed by atoms with Crippen molar-refractivity contribution >= 4 is 34.2 Å². The van der Waals surface area contributed by atoms with Gasteiger partial charge in [0.25, 0.3) is 5.91 Å². The van der Waals surface area contributed by atoms with Crippen LogP contribution in [0.15, 0.2) is 35.2 Å². The topological polar surface area (TPSA) is 84.8 Å². The molecule has 1 amide bonds. The zero-order chi connectivity index (χ0) is 19.0. The van der Waals surface area contributed by atoms with E-state index in [2.05, 4.69) is 24.8 Å². The Kier molecular flexibility index (Phi) is 4.41. The number of aromatic nitrogens is 4. The smallest absolute Gasteiger partial charge is 0.259 e. The monoisotopic (exact) mass is 381 g/mol. The summed E-state index contributed by atoms with van der Waals surface area (Å²) in [6.45, 7) is 4.58. The van der Waals surface area contributed by atoms with Gasteiger partial charge >= 0.3 is 0 Å². The van der Waals surface area contributed by atoms with Crippen LogP contribution in [-0.2, 0) is 6.54 Å². The Hall–Kier alpha value is -3.13. The minimum absolute atomic E-state index is 0.196. The molecule has 7 nitrogen and oxygen atoms in total. The van der Waals surface area contributed by atoms with Gasteiger partial charge in [-0.15, -0.1) is 11.3 Å². The molecule has 0 saturated carbocycles. The van der Waals surface area contributed by atoms with Crippen LogP contribution in [0.1, 0.15) is 27.4 Å². The molecule has 0 aliphatic rings. The molecule has 0 spiro atoms. The highest BCUT2D eigenvalue weighted by Gasteiger charge is 2.17. The fourth-order valence-corrected chi connectivity index (χ4v) is 3.65. The average molecular weight is 381 g/mol. The molecule has 0 bridgehead atoms. The van der Waals surface area contributed by atoms with Crippen molar-refractivity contribution in [2.45, 2.75) is 20.4 Å². The predicted octanol–water partition coefficient (Wildman–Crippen LogP) is 3.75. The van der Waals surface area contributed by atoms with E-state index in [1.165, 1.54) is 0 Å². The number of H-pyrrole nitrogens is 1. The zero-order valence-electron chi connectivity index (χ0n) is 15.2. The molecule has 2 N–H and O–H groups in total. The first-order chi connectivity index (χ1) is 13.0. The van der Waals surface area contributed by atoms with Gasteiger partial charge in [0.15, 0.2) is 0 Å². The molecule has 3 heterocycles. The van der Waals surface area contributed by atoms with Crippen molar-refractivity contribution in [3.8, 4) is 5.75 Å². The number of aryl methyl sites for hydroxylation is 1. The summed E-state index contributed by atoms with van der Waals surface area (Å²) >= 11 is 1.56. The highest BCUT2D eigenvalue weighted by Crippen LogP contribution is 2.22. The summed E-state index contributed by atoms with van der Waals surface area (Å²) in [6.07, 6.45) is 0. The number of fused-ring (bicyclic) bond motifs is 1. The van der Waals surface area contributed by atoms with Gasteiger partial charge in [-0.3, -0.25) is 10.1 Å². The van der Waals surface area contributed by atoms with E-state index in [-0.39, 0.29) is 5.91 Å². The van der Waals surface area contributed by atoms with E-state index in [1.807, 2.05) is 49.0 Å². The molecule has 0 atom stereocenters. The lowest BCUT2D eigenvalue weighted by Gasteiger charge is -2.08. The van der Waals surface area contributed by atoms with E-state index < -0.39 is 0 Å². The van der Waals surface area contributed by atoms with E-state index in [9.17, 15) is 4.79 Å². The van der Waals surface area contributed by atoms with Gasteiger partial charge in [-0.05, 0) is 32.0 Å². The predicted molar refractivity (Wildman–Crippen MR) is 106 cm³/mol. The standard InChI is InChI=1S/C19H19N5O2S/c1-11-6-15(12(2)24(11)8-13-9-27-10-20-13)18(25)23-19-21-16-5-4-14(26-3)7-17(16)22-19/h4-7,9-10H,8H2,1-3H3,(H2,21,22,23,25). The molecule has 3 aromatic heterocycles. The Morgan fingerprint density at radius 1 is 1.33 bits per heavy atom. The lowest BCUT2D eigenvalue weighted by atomic mass is 10.2. The Bertz CT molecular complexity index is 1110. The second-order valence-corrected chi connectivity index (χ2v) is 6.99. The zero-order valence-corrected chi connectivity index (χ0v) is 16.1. The molecule has 0 radical (unpaired) electrons. The van der Waals surface area contributed by atoms with Gasteiger partial charge in [0.2, 0.25) is 5.95 Å². The molecule has 0 aliphatic heterocycles. The molecule has 4 rings (SSSR count). The first-order valence-corrected chi connectivity index (χ1v) is 9.38. The molecule has 27 heavy (non-hydrogen) atoms. The second-order valence-electron chi connectivity index (χ2n) is 6.27. The largest absolute Gasteiger partial charge is 0.497 e. The third kappa shape index (κ3) is 3.31. The fraction of sp³-hybridized carbons (Fsp3) is 0.211. The van der Waals surface area contributed by atoms with Crippen LogP contribution in [0, 0.1) is 13.8 Å². The van der Waals surface area contributed by atoms with E-state index in [1.54, 1.807) is 18.4 Å². The van der Waals surface area contributed by atoms with Crippen LogP contribution in [0.3, 0.4) is 0 Å². The van der Waals surface area contributed by atoms with Gasteiger partial charge in [-0.25, -0.2) is 9.97 Å². The fourth-order valence-electron chi connectivity index (χ4n) is 3.10.